The topological polar surface area (TPSA) is 33.1 Å². The Hall–Kier alpha value is -1.95. The van der Waals surface area contributed by atoms with Crippen molar-refractivity contribution in [2.75, 3.05) is 0 Å². The summed E-state index contributed by atoms with van der Waals surface area (Å²) in [4.78, 5) is 3.68. The SMILES string of the molecule is CCC(O)(c1ccc(F)cn1)c1ccc(F)c(F)c1F. The first-order chi connectivity index (χ1) is 9.40. The maximum atomic E-state index is 13.8. The highest BCUT2D eigenvalue weighted by Gasteiger charge is 2.35. The molecule has 0 radical (unpaired) electrons. The molecular formula is C14H11F4NO. The normalized spacial score (nSPS) is 14.1. The molecule has 1 atom stereocenters. The Morgan fingerprint density at radius 2 is 1.75 bits per heavy atom. The summed E-state index contributed by atoms with van der Waals surface area (Å²) in [6.45, 7) is 1.52. The van der Waals surface area contributed by atoms with Crippen LogP contribution in [0.4, 0.5) is 17.6 Å². The van der Waals surface area contributed by atoms with Gasteiger partial charge in [0, 0.05) is 5.56 Å². The molecule has 0 fully saturated rings. The lowest BCUT2D eigenvalue weighted by molar-refractivity contribution is 0.0668. The van der Waals surface area contributed by atoms with E-state index in [2.05, 4.69) is 4.98 Å². The molecule has 0 saturated heterocycles. The monoisotopic (exact) mass is 285 g/mol. The summed E-state index contributed by atoms with van der Waals surface area (Å²) in [6, 6.07) is 3.88. The van der Waals surface area contributed by atoms with Crippen molar-refractivity contribution >= 4 is 0 Å². The predicted molar refractivity (Wildman–Crippen MR) is 63.8 cm³/mol. The van der Waals surface area contributed by atoms with Gasteiger partial charge in [0.2, 0.25) is 0 Å². The zero-order chi connectivity index (χ0) is 14.9. The van der Waals surface area contributed by atoms with Gasteiger partial charge in [0.25, 0.3) is 0 Å². The number of aliphatic hydroxyl groups is 1. The third-order valence-electron chi connectivity index (χ3n) is 3.14. The average molecular weight is 285 g/mol. The molecule has 1 aromatic carbocycles. The van der Waals surface area contributed by atoms with Crippen molar-refractivity contribution < 1.29 is 22.7 Å². The second kappa shape index (κ2) is 5.20. The molecule has 20 heavy (non-hydrogen) atoms. The number of aromatic nitrogens is 1. The van der Waals surface area contributed by atoms with Crippen molar-refractivity contribution in [3.05, 3.63) is 65.0 Å². The molecule has 0 aliphatic heterocycles. The largest absolute Gasteiger partial charge is 0.379 e. The van der Waals surface area contributed by atoms with Crippen LogP contribution in [0.15, 0.2) is 30.5 Å². The molecule has 2 rings (SSSR count). The van der Waals surface area contributed by atoms with E-state index >= 15 is 0 Å². The van der Waals surface area contributed by atoms with Gasteiger partial charge in [0.15, 0.2) is 17.5 Å². The standard InChI is InChI=1S/C14H11F4NO/c1-2-14(20,11-6-3-8(15)7-19-11)9-4-5-10(16)13(18)12(9)17/h3-7,20H,2H2,1H3. The molecule has 0 bridgehead atoms. The first kappa shape index (κ1) is 14.5. The highest BCUT2D eigenvalue weighted by Crippen LogP contribution is 2.34. The van der Waals surface area contributed by atoms with E-state index in [1.165, 1.54) is 13.0 Å². The summed E-state index contributed by atoms with van der Waals surface area (Å²) < 4.78 is 52.9. The molecule has 0 amide bonds. The van der Waals surface area contributed by atoms with Crippen LogP contribution in [0.5, 0.6) is 0 Å². The predicted octanol–water partition coefficient (Wildman–Crippen LogP) is 3.28. The first-order valence-corrected chi connectivity index (χ1v) is 5.88. The third kappa shape index (κ3) is 2.27. The Balaban J connectivity index is 2.62. The Kier molecular flexibility index (Phi) is 3.76. The molecule has 0 spiro atoms. The van der Waals surface area contributed by atoms with Crippen LogP contribution >= 0.6 is 0 Å². The van der Waals surface area contributed by atoms with Gasteiger partial charge in [-0.25, -0.2) is 17.6 Å². The minimum absolute atomic E-state index is 0.0480. The van der Waals surface area contributed by atoms with Crippen LogP contribution in [-0.2, 0) is 5.60 Å². The average Bonchev–Trinajstić information content (AvgIpc) is 2.45. The summed E-state index contributed by atoms with van der Waals surface area (Å²) in [7, 11) is 0. The fraction of sp³-hybridized carbons (Fsp3) is 0.214. The minimum atomic E-state index is -1.97. The Morgan fingerprint density at radius 1 is 1.05 bits per heavy atom. The van der Waals surface area contributed by atoms with Crippen molar-refractivity contribution in [3.63, 3.8) is 0 Å². The van der Waals surface area contributed by atoms with E-state index in [0.29, 0.717) is 0 Å². The van der Waals surface area contributed by atoms with Crippen molar-refractivity contribution in [1.82, 2.24) is 4.98 Å². The van der Waals surface area contributed by atoms with Crippen LogP contribution in [-0.4, -0.2) is 10.1 Å². The van der Waals surface area contributed by atoms with Gasteiger partial charge in [-0.3, -0.25) is 4.98 Å². The molecule has 106 valence electrons. The van der Waals surface area contributed by atoms with Crippen molar-refractivity contribution in [2.45, 2.75) is 18.9 Å². The second-order valence-corrected chi connectivity index (χ2v) is 4.30. The lowest BCUT2D eigenvalue weighted by Gasteiger charge is -2.27. The highest BCUT2D eigenvalue weighted by molar-refractivity contribution is 5.34. The summed E-state index contributed by atoms with van der Waals surface area (Å²) >= 11 is 0. The minimum Gasteiger partial charge on any atom is -0.379 e. The highest BCUT2D eigenvalue weighted by atomic mass is 19.2. The van der Waals surface area contributed by atoms with Crippen LogP contribution in [0.2, 0.25) is 0 Å². The molecule has 1 heterocycles. The van der Waals surface area contributed by atoms with Crippen LogP contribution < -0.4 is 0 Å². The Labute approximate surface area is 112 Å². The van der Waals surface area contributed by atoms with E-state index in [9.17, 15) is 22.7 Å². The van der Waals surface area contributed by atoms with Gasteiger partial charge in [-0.15, -0.1) is 0 Å². The summed E-state index contributed by atoms with van der Waals surface area (Å²) in [5, 5.41) is 10.5. The van der Waals surface area contributed by atoms with E-state index in [0.717, 1.165) is 24.4 Å². The van der Waals surface area contributed by atoms with Gasteiger partial charge in [0.05, 0.1) is 11.9 Å². The van der Waals surface area contributed by atoms with E-state index in [1.807, 2.05) is 0 Å². The smallest absolute Gasteiger partial charge is 0.194 e. The molecule has 1 N–H and O–H groups in total. The second-order valence-electron chi connectivity index (χ2n) is 4.30. The number of halogens is 4. The van der Waals surface area contributed by atoms with Crippen molar-refractivity contribution in [3.8, 4) is 0 Å². The number of benzene rings is 1. The first-order valence-electron chi connectivity index (χ1n) is 5.88. The lowest BCUT2D eigenvalue weighted by Crippen LogP contribution is -2.29. The van der Waals surface area contributed by atoms with E-state index in [-0.39, 0.29) is 12.1 Å². The quantitative estimate of drug-likeness (QED) is 0.693. The van der Waals surface area contributed by atoms with Gasteiger partial charge in [-0.1, -0.05) is 6.92 Å². The summed E-state index contributed by atoms with van der Waals surface area (Å²) in [5.41, 5.74) is -2.46. The Bertz CT molecular complexity index is 630. The van der Waals surface area contributed by atoms with Crippen molar-refractivity contribution in [1.29, 1.82) is 0 Å². The van der Waals surface area contributed by atoms with Crippen LogP contribution in [0.25, 0.3) is 0 Å². The van der Waals surface area contributed by atoms with Gasteiger partial charge in [0.1, 0.15) is 11.4 Å². The maximum Gasteiger partial charge on any atom is 0.194 e. The van der Waals surface area contributed by atoms with E-state index in [1.54, 1.807) is 0 Å². The number of rotatable bonds is 3. The lowest BCUT2D eigenvalue weighted by atomic mass is 9.87. The van der Waals surface area contributed by atoms with Gasteiger partial charge in [-0.2, -0.15) is 0 Å². The number of nitrogens with zero attached hydrogens (tertiary/aromatic N) is 1. The van der Waals surface area contributed by atoms with Crippen LogP contribution in [0.3, 0.4) is 0 Å². The molecule has 0 aliphatic carbocycles. The Morgan fingerprint density at radius 3 is 2.30 bits per heavy atom. The third-order valence-corrected chi connectivity index (χ3v) is 3.14. The fourth-order valence-corrected chi connectivity index (χ4v) is 1.98. The zero-order valence-electron chi connectivity index (χ0n) is 10.5. The summed E-state index contributed by atoms with van der Waals surface area (Å²) in [6.07, 6.45) is 0.807. The maximum absolute atomic E-state index is 13.8. The molecule has 0 aliphatic rings. The summed E-state index contributed by atoms with van der Waals surface area (Å²) in [5.74, 6) is -5.13. The molecule has 6 heteroatoms. The number of pyridine rings is 1. The van der Waals surface area contributed by atoms with Crippen molar-refractivity contribution in [2.24, 2.45) is 0 Å². The van der Waals surface area contributed by atoms with E-state index < -0.39 is 34.4 Å². The van der Waals surface area contributed by atoms with E-state index in [4.69, 9.17) is 0 Å². The van der Waals surface area contributed by atoms with Crippen LogP contribution in [0.1, 0.15) is 24.6 Å². The molecule has 1 aromatic heterocycles. The van der Waals surface area contributed by atoms with Gasteiger partial charge >= 0.3 is 0 Å². The van der Waals surface area contributed by atoms with Crippen LogP contribution in [0, 0.1) is 23.3 Å². The fourth-order valence-electron chi connectivity index (χ4n) is 1.98. The number of hydrogen-bond acceptors (Lipinski definition) is 2. The molecule has 2 aromatic rings. The molecule has 1 unspecified atom stereocenters. The van der Waals surface area contributed by atoms with Gasteiger partial charge < -0.3 is 5.11 Å². The number of hydrogen-bond donors (Lipinski definition) is 1. The zero-order valence-corrected chi connectivity index (χ0v) is 10.5. The molecular weight excluding hydrogens is 274 g/mol. The van der Waals surface area contributed by atoms with Gasteiger partial charge in [-0.05, 0) is 30.7 Å². The molecule has 2 nitrogen and oxygen atoms in total. The molecule has 0 saturated carbocycles.